The minimum atomic E-state index is -0.858. The molecule has 1 fully saturated rings. The molecule has 0 atom stereocenters. The molecule has 2 aromatic heterocycles. The van der Waals surface area contributed by atoms with Crippen LogP contribution in [0.2, 0.25) is 5.15 Å². The molecule has 136 valence electrons. The summed E-state index contributed by atoms with van der Waals surface area (Å²) in [4.78, 5) is 21.3. The summed E-state index contributed by atoms with van der Waals surface area (Å²) in [6.07, 6.45) is 5.32. The van der Waals surface area contributed by atoms with Gasteiger partial charge in [-0.15, -0.1) is 0 Å². The summed E-state index contributed by atoms with van der Waals surface area (Å²) in [5, 5.41) is 5.55. The van der Waals surface area contributed by atoms with Crippen molar-refractivity contribution in [2.24, 2.45) is 0 Å². The van der Waals surface area contributed by atoms with E-state index in [1.165, 1.54) is 7.11 Å². The molecule has 0 aromatic carbocycles. The topological polar surface area (TPSA) is 79.1 Å². The largest absolute Gasteiger partial charge is 0.467 e. The molecular formula is C17H23ClN4O3. The highest BCUT2D eigenvalue weighted by atomic mass is 35.5. The molecule has 0 N–H and O–H groups in total. The Hall–Kier alpha value is -1.73. The normalized spacial score (nSPS) is 23.8. The van der Waals surface area contributed by atoms with Crippen LogP contribution >= 0.6 is 11.6 Å². The maximum Gasteiger partial charge on any atom is 0.338 e. The molecule has 1 aliphatic carbocycles. The van der Waals surface area contributed by atoms with Crippen molar-refractivity contribution in [3.05, 3.63) is 17.2 Å². The monoisotopic (exact) mass is 366 g/mol. The number of carbonyl (C=O) groups excluding carboxylic acids is 1. The van der Waals surface area contributed by atoms with Gasteiger partial charge in [0, 0.05) is 19.6 Å². The van der Waals surface area contributed by atoms with Crippen LogP contribution in [0.15, 0.2) is 6.20 Å². The highest BCUT2D eigenvalue weighted by Crippen LogP contribution is 2.40. The highest BCUT2D eigenvalue weighted by Gasteiger charge is 2.44. The summed E-state index contributed by atoms with van der Waals surface area (Å²) in [5.74, 6) is 0.536. The van der Waals surface area contributed by atoms with Crippen LogP contribution in [0.4, 0.5) is 0 Å². The smallest absolute Gasteiger partial charge is 0.338 e. The Morgan fingerprint density at radius 1 is 1.36 bits per heavy atom. The van der Waals surface area contributed by atoms with Crippen molar-refractivity contribution in [1.29, 1.82) is 0 Å². The van der Waals surface area contributed by atoms with Gasteiger partial charge in [0.05, 0.1) is 18.7 Å². The van der Waals surface area contributed by atoms with Gasteiger partial charge in [0.25, 0.3) is 0 Å². The lowest BCUT2D eigenvalue weighted by atomic mass is 9.78. The fourth-order valence-corrected chi connectivity index (χ4v) is 3.73. The summed E-state index contributed by atoms with van der Waals surface area (Å²) < 4.78 is 12.3. The third-order valence-corrected chi connectivity index (χ3v) is 5.30. The number of rotatable bonds is 5. The summed E-state index contributed by atoms with van der Waals surface area (Å²) in [6.45, 7) is 2.88. The van der Waals surface area contributed by atoms with Gasteiger partial charge in [-0.25, -0.2) is 19.4 Å². The number of halogens is 1. The van der Waals surface area contributed by atoms with Gasteiger partial charge in [-0.3, -0.25) is 0 Å². The standard InChI is InChI=1S/C17H23ClN4O3/c1-4-9-22-15-12(10-19-22)13(18)20-14(21-15)11-5-7-17(25-3,8-6-11)16(23)24-2/h10-11H,4-9H2,1-3H3. The molecule has 1 aliphatic rings. The maximum atomic E-state index is 12.1. The molecule has 0 spiro atoms. The zero-order chi connectivity index (χ0) is 18.0. The lowest BCUT2D eigenvalue weighted by Gasteiger charge is -2.36. The zero-order valence-electron chi connectivity index (χ0n) is 14.8. The van der Waals surface area contributed by atoms with Crippen molar-refractivity contribution >= 4 is 28.6 Å². The number of aromatic nitrogens is 4. The number of esters is 1. The Morgan fingerprint density at radius 2 is 2.08 bits per heavy atom. The Bertz CT molecular complexity index is 769. The van der Waals surface area contributed by atoms with E-state index in [2.05, 4.69) is 17.0 Å². The molecule has 0 saturated heterocycles. The van der Waals surface area contributed by atoms with Crippen LogP contribution in [0.25, 0.3) is 11.0 Å². The van der Waals surface area contributed by atoms with Gasteiger partial charge in [0.2, 0.25) is 0 Å². The third kappa shape index (κ3) is 3.22. The summed E-state index contributed by atoms with van der Waals surface area (Å²) in [6, 6.07) is 0. The average molecular weight is 367 g/mol. The van der Waals surface area contributed by atoms with Crippen molar-refractivity contribution < 1.29 is 14.3 Å². The van der Waals surface area contributed by atoms with Gasteiger partial charge in [0.1, 0.15) is 11.0 Å². The van der Waals surface area contributed by atoms with Crippen LogP contribution in [0.1, 0.15) is 50.8 Å². The molecule has 7 nitrogen and oxygen atoms in total. The summed E-state index contributed by atoms with van der Waals surface area (Å²) in [5.41, 5.74) is -0.0863. The van der Waals surface area contributed by atoms with Crippen LogP contribution in [0.3, 0.4) is 0 Å². The van der Waals surface area contributed by atoms with Crippen LogP contribution < -0.4 is 0 Å². The average Bonchev–Trinajstić information content (AvgIpc) is 3.05. The number of nitrogens with zero attached hydrogens (tertiary/aromatic N) is 4. The molecule has 0 aliphatic heterocycles. The lowest BCUT2D eigenvalue weighted by molar-refractivity contribution is -0.170. The van der Waals surface area contributed by atoms with Gasteiger partial charge < -0.3 is 9.47 Å². The number of hydrogen-bond acceptors (Lipinski definition) is 6. The molecule has 0 bridgehead atoms. The number of fused-ring (bicyclic) bond motifs is 1. The molecular weight excluding hydrogens is 344 g/mol. The zero-order valence-corrected chi connectivity index (χ0v) is 15.5. The van der Waals surface area contributed by atoms with Crippen molar-refractivity contribution in [3.8, 4) is 0 Å². The minimum absolute atomic E-state index is 0.139. The highest BCUT2D eigenvalue weighted by molar-refractivity contribution is 6.33. The molecule has 2 heterocycles. The second-order valence-corrected chi connectivity index (χ2v) is 6.80. The molecule has 8 heteroatoms. The predicted octanol–water partition coefficient (Wildman–Crippen LogP) is 3.11. The lowest BCUT2D eigenvalue weighted by Crippen LogP contribution is -2.44. The minimum Gasteiger partial charge on any atom is -0.467 e. The van der Waals surface area contributed by atoms with Crippen LogP contribution in [-0.2, 0) is 20.8 Å². The van der Waals surface area contributed by atoms with Crippen molar-refractivity contribution in [1.82, 2.24) is 19.7 Å². The van der Waals surface area contributed by atoms with E-state index in [0.717, 1.165) is 36.8 Å². The van der Waals surface area contributed by atoms with Gasteiger partial charge >= 0.3 is 5.97 Å². The summed E-state index contributed by atoms with van der Waals surface area (Å²) in [7, 11) is 2.95. The second kappa shape index (κ2) is 7.25. The maximum absolute atomic E-state index is 12.1. The molecule has 0 radical (unpaired) electrons. The number of aryl methyl sites for hydroxylation is 1. The first kappa shape index (κ1) is 18.1. The second-order valence-electron chi connectivity index (χ2n) is 6.44. The van der Waals surface area contributed by atoms with E-state index in [9.17, 15) is 4.79 Å². The van der Waals surface area contributed by atoms with Crippen molar-refractivity contribution in [2.75, 3.05) is 14.2 Å². The number of methoxy groups -OCH3 is 2. The molecule has 3 rings (SSSR count). The quantitative estimate of drug-likeness (QED) is 0.597. The Balaban J connectivity index is 1.86. The SMILES string of the molecule is CCCn1ncc2c(Cl)nc(C3CCC(OC)(C(=O)OC)CC3)nc21. The van der Waals surface area contributed by atoms with Gasteiger partial charge in [-0.05, 0) is 32.1 Å². The summed E-state index contributed by atoms with van der Waals surface area (Å²) >= 11 is 6.35. The molecule has 2 aromatic rings. The third-order valence-electron chi connectivity index (χ3n) is 5.01. The Kier molecular flexibility index (Phi) is 5.24. The van der Waals surface area contributed by atoms with E-state index >= 15 is 0 Å². The predicted molar refractivity (Wildman–Crippen MR) is 93.6 cm³/mol. The van der Waals surface area contributed by atoms with E-state index in [4.69, 9.17) is 26.1 Å². The first-order valence-corrected chi connectivity index (χ1v) is 8.95. The molecule has 0 unspecified atom stereocenters. The van der Waals surface area contributed by atoms with Crippen molar-refractivity contribution in [2.45, 2.75) is 57.1 Å². The van der Waals surface area contributed by atoms with Gasteiger partial charge in [-0.2, -0.15) is 5.10 Å². The van der Waals surface area contributed by atoms with Crippen LogP contribution in [-0.4, -0.2) is 45.5 Å². The molecule has 0 amide bonds. The Labute approximate surface area is 151 Å². The van der Waals surface area contributed by atoms with E-state index in [-0.39, 0.29) is 11.9 Å². The first-order valence-electron chi connectivity index (χ1n) is 8.57. The van der Waals surface area contributed by atoms with Crippen LogP contribution in [0.5, 0.6) is 0 Å². The van der Waals surface area contributed by atoms with Crippen molar-refractivity contribution in [3.63, 3.8) is 0 Å². The number of ether oxygens (including phenoxy) is 2. The number of hydrogen-bond donors (Lipinski definition) is 0. The molecule has 25 heavy (non-hydrogen) atoms. The van der Waals surface area contributed by atoms with Gasteiger partial charge in [0.15, 0.2) is 11.2 Å². The van der Waals surface area contributed by atoms with E-state index in [0.29, 0.717) is 23.8 Å². The van der Waals surface area contributed by atoms with Gasteiger partial charge in [-0.1, -0.05) is 18.5 Å². The van der Waals surface area contributed by atoms with E-state index in [1.807, 2.05) is 4.68 Å². The fourth-order valence-electron chi connectivity index (χ4n) is 3.51. The van der Waals surface area contributed by atoms with E-state index in [1.54, 1.807) is 13.3 Å². The fraction of sp³-hybridized carbons (Fsp3) is 0.647. The van der Waals surface area contributed by atoms with Crippen LogP contribution in [0, 0.1) is 0 Å². The number of carbonyl (C=O) groups is 1. The first-order chi connectivity index (χ1) is 12.0. The Morgan fingerprint density at radius 3 is 2.68 bits per heavy atom. The van der Waals surface area contributed by atoms with E-state index < -0.39 is 5.60 Å². The molecule has 1 saturated carbocycles.